The van der Waals surface area contributed by atoms with Gasteiger partial charge in [0.25, 0.3) is 0 Å². The number of para-hydroxylation sites is 1. The molecule has 0 aromatic heterocycles. The highest BCUT2D eigenvalue weighted by Gasteiger charge is 2.37. The summed E-state index contributed by atoms with van der Waals surface area (Å²) in [5.74, 6) is -2.09. The molecule has 1 fully saturated rings. The fraction of sp³-hybridized carbons (Fsp3) is 0.533. The third kappa shape index (κ3) is 3.52. The average Bonchev–Trinajstić information content (AvgIpc) is 2.39. The van der Waals surface area contributed by atoms with E-state index < -0.39 is 5.92 Å². The summed E-state index contributed by atoms with van der Waals surface area (Å²) in [6, 6.07) is 7.33. The van der Waals surface area contributed by atoms with Gasteiger partial charge in [0, 0.05) is 30.7 Å². The normalized spacial score (nSPS) is 19.1. The lowest BCUT2D eigenvalue weighted by Crippen LogP contribution is -2.29. The van der Waals surface area contributed by atoms with E-state index in [4.69, 9.17) is 4.74 Å². The van der Waals surface area contributed by atoms with Gasteiger partial charge < -0.3 is 4.74 Å². The third-order valence-corrected chi connectivity index (χ3v) is 3.73. The largest absolute Gasteiger partial charge is 0.496 e. The predicted octanol–water partition coefficient (Wildman–Crippen LogP) is 3.63. The van der Waals surface area contributed by atoms with Crippen LogP contribution < -0.4 is 4.74 Å². The van der Waals surface area contributed by atoms with Crippen molar-refractivity contribution in [2.24, 2.45) is 5.92 Å². The molecule has 0 bridgehead atoms. The topological polar surface area (TPSA) is 26.3 Å². The summed E-state index contributed by atoms with van der Waals surface area (Å²) in [5, 5.41) is 0. The van der Waals surface area contributed by atoms with Gasteiger partial charge in [0.05, 0.1) is 7.11 Å². The maximum Gasteiger partial charge on any atom is 0.248 e. The van der Waals surface area contributed by atoms with E-state index in [1.165, 1.54) is 0 Å². The van der Waals surface area contributed by atoms with Gasteiger partial charge in [0.1, 0.15) is 11.5 Å². The summed E-state index contributed by atoms with van der Waals surface area (Å²) < 4.78 is 31.3. The van der Waals surface area contributed by atoms with Gasteiger partial charge in [0.2, 0.25) is 5.92 Å². The summed E-state index contributed by atoms with van der Waals surface area (Å²) in [5.41, 5.74) is 0.826. The number of alkyl halides is 2. The number of ketones is 1. The van der Waals surface area contributed by atoms with Gasteiger partial charge in [-0.2, -0.15) is 0 Å². The lowest BCUT2D eigenvalue weighted by Gasteiger charge is -2.27. The lowest BCUT2D eigenvalue weighted by molar-refractivity contribution is -0.126. The van der Waals surface area contributed by atoms with Gasteiger partial charge in [-0.25, -0.2) is 8.78 Å². The predicted molar refractivity (Wildman–Crippen MR) is 68.6 cm³/mol. The molecule has 2 rings (SSSR count). The fourth-order valence-corrected chi connectivity index (χ4v) is 2.54. The van der Waals surface area contributed by atoms with Gasteiger partial charge in [-0.05, 0) is 18.9 Å². The zero-order chi connectivity index (χ0) is 13.9. The van der Waals surface area contributed by atoms with Crippen LogP contribution in [-0.2, 0) is 11.2 Å². The van der Waals surface area contributed by atoms with Gasteiger partial charge >= 0.3 is 0 Å². The van der Waals surface area contributed by atoms with Gasteiger partial charge in [-0.15, -0.1) is 0 Å². The molecule has 0 spiro atoms. The van der Waals surface area contributed by atoms with Crippen molar-refractivity contribution >= 4 is 5.78 Å². The lowest BCUT2D eigenvalue weighted by atomic mass is 9.82. The minimum Gasteiger partial charge on any atom is -0.496 e. The van der Waals surface area contributed by atoms with E-state index in [0.29, 0.717) is 18.6 Å². The second-order valence-corrected chi connectivity index (χ2v) is 5.09. The molecule has 4 heteroatoms. The van der Waals surface area contributed by atoms with Crippen LogP contribution in [0.15, 0.2) is 24.3 Å². The molecule has 1 aromatic rings. The zero-order valence-corrected chi connectivity index (χ0v) is 11.0. The van der Waals surface area contributed by atoms with Crippen LogP contribution in [0.2, 0.25) is 0 Å². The Morgan fingerprint density at radius 1 is 1.32 bits per heavy atom. The number of benzene rings is 1. The molecule has 0 unspecified atom stereocenters. The maximum atomic E-state index is 13.1. The van der Waals surface area contributed by atoms with E-state index in [1.54, 1.807) is 13.2 Å². The Kier molecular flexibility index (Phi) is 4.17. The maximum absolute atomic E-state index is 13.1. The van der Waals surface area contributed by atoms with Crippen LogP contribution in [0, 0.1) is 5.92 Å². The van der Waals surface area contributed by atoms with Crippen molar-refractivity contribution in [2.75, 3.05) is 7.11 Å². The highest BCUT2D eigenvalue weighted by molar-refractivity contribution is 5.84. The Hall–Kier alpha value is -1.45. The molecular weight excluding hydrogens is 250 g/mol. The molecule has 0 atom stereocenters. The second kappa shape index (κ2) is 5.68. The molecule has 19 heavy (non-hydrogen) atoms. The number of rotatable bonds is 4. The van der Waals surface area contributed by atoms with Crippen molar-refractivity contribution < 1.29 is 18.3 Å². The van der Waals surface area contributed by atoms with E-state index >= 15 is 0 Å². The SMILES string of the molecule is COc1ccccc1CC(=O)C1CCC(F)(F)CC1. The Labute approximate surface area is 111 Å². The van der Waals surface area contributed by atoms with E-state index in [2.05, 4.69) is 0 Å². The standard InChI is InChI=1S/C15H18F2O2/c1-19-14-5-3-2-4-12(14)10-13(18)11-6-8-15(16,17)9-7-11/h2-5,11H,6-10H2,1H3. The number of hydrogen-bond acceptors (Lipinski definition) is 2. The monoisotopic (exact) mass is 268 g/mol. The van der Waals surface area contributed by atoms with E-state index in [0.717, 1.165) is 5.56 Å². The molecule has 1 aliphatic rings. The van der Waals surface area contributed by atoms with Gasteiger partial charge in [-0.1, -0.05) is 18.2 Å². The van der Waals surface area contributed by atoms with Crippen LogP contribution >= 0.6 is 0 Å². The molecular formula is C15H18F2O2. The molecule has 0 aliphatic heterocycles. The first-order valence-electron chi connectivity index (χ1n) is 6.54. The summed E-state index contributed by atoms with van der Waals surface area (Å²) in [4.78, 5) is 12.1. The first-order valence-corrected chi connectivity index (χ1v) is 6.54. The highest BCUT2D eigenvalue weighted by Crippen LogP contribution is 2.37. The van der Waals surface area contributed by atoms with Crippen LogP contribution in [0.25, 0.3) is 0 Å². The molecule has 1 saturated carbocycles. The van der Waals surface area contributed by atoms with Crippen LogP contribution in [0.3, 0.4) is 0 Å². The minimum atomic E-state index is -2.58. The molecule has 0 heterocycles. The third-order valence-electron chi connectivity index (χ3n) is 3.73. The van der Waals surface area contributed by atoms with Crippen LogP contribution in [0.5, 0.6) is 5.75 Å². The average molecular weight is 268 g/mol. The number of halogens is 2. The number of carbonyl (C=O) groups is 1. The molecule has 1 aromatic carbocycles. The first-order chi connectivity index (χ1) is 9.02. The minimum absolute atomic E-state index is 0.0417. The van der Waals surface area contributed by atoms with E-state index in [9.17, 15) is 13.6 Å². The number of Topliss-reactive ketones (excluding diaryl/α,β-unsaturated/α-hetero) is 1. The molecule has 2 nitrogen and oxygen atoms in total. The molecule has 104 valence electrons. The Bertz CT molecular complexity index is 447. The molecule has 0 N–H and O–H groups in total. The van der Waals surface area contributed by atoms with Crippen molar-refractivity contribution in [2.45, 2.75) is 38.0 Å². The summed E-state index contributed by atoms with van der Waals surface area (Å²) in [6.07, 6.45) is 0.507. The highest BCUT2D eigenvalue weighted by atomic mass is 19.3. The number of ether oxygens (including phenoxy) is 1. The van der Waals surface area contributed by atoms with Crippen molar-refractivity contribution in [1.29, 1.82) is 0 Å². The van der Waals surface area contributed by atoms with Crippen molar-refractivity contribution in [1.82, 2.24) is 0 Å². The van der Waals surface area contributed by atoms with Crippen LogP contribution in [0.1, 0.15) is 31.2 Å². The van der Waals surface area contributed by atoms with Crippen LogP contribution in [0.4, 0.5) is 8.78 Å². The van der Waals surface area contributed by atoms with Crippen molar-refractivity contribution in [3.8, 4) is 5.75 Å². The Balaban J connectivity index is 1.98. The summed E-state index contributed by atoms with van der Waals surface area (Å²) in [7, 11) is 1.56. The van der Waals surface area contributed by atoms with Gasteiger partial charge in [-0.3, -0.25) is 4.79 Å². The second-order valence-electron chi connectivity index (χ2n) is 5.09. The fourth-order valence-electron chi connectivity index (χ4n) is 2.54. The summed E-state index contributed by atoms with van der Waals surface area (Å²) in [6.45, 7) is 0. The zero-order valence-electron chi connectivity index (χ0n) is 11.0. The number of methoxy groups -OCH3 is 1. The smallest absolute Gasteiger partial charge is 0.248 e. The van der Waals surface area contributed by atoms with E-state index in [1.807, 2.05) is 18.2 Å². The molecule has 0 saturated heterocycles. The molecule has 0 amide bonds. The number of carbonyl (C=O) groups excluding carboxylic acids is 1. The van der Waals surface area contributed by atoms with Crippen LogP contribution in [-0.4, -0.2) is 18.8 Å². The Morgan fingerprint density at radius 2 is 1.95 bits per heavy atom. The summed E-state index contributed by atoms with van der Waals surface area (Å²) >= 11 is 0. The first kappa shape index (κ1) is 14.0. The number of hydrogen-bond donors (Lipinski definition) is 0. The Morgan fingerprint density at radius 3 is 2.58 bits per heavy atom. The van der Waals surface area contributed by atoms with Gasteiger partial charge in [0.15, 0.2) is 0 Å². The molecule has 0 radical (unpaired) electrons. The van der Waals surface area contributed by atoms with Crippen molar-refractivity contribution in [3.63, 3.8) is 0 Å². The van der Waals surface area contributed by atoms with E-state index in [-0.39, 0.29) is 31.0 Å². The molecule has 1 aliphatic carbocycles. The van der Waals surface area contributed by atoms with Crippen molar-refractivity contribution in [3.05, 3.63) is 29.8 Å². The quantitative estimate of drug-likeness (QED) is 0.833.